The van der Waals surface area contributed by atoms with Gasteiger partial charge in [-0.3, -0.25) is 14.9 Å². The Hall–Kier alpha value is -3.13. The van der Waals surface area contributed by atoms with Crippen molar-refractivity contribution in [1.29, 1.82) is 0 Å². The van der Waals surface area contributed by atoms with Gasteiger partial charge in [-0.05, 0) is 35.9 Å². The third-order valence-corrected chi connectivity index (χ3v) is 4.44. The number of anilines is 1. The van der Waals surface area contributed by atoms with Crippen LogP contribution in [0.2, 0.25) is 0 Å². The highest BCUT2D eigenvalue weighted by molar-refractivity contribution is 7.14. The maximum absolute atomic E-state index is 13.8. The van der Waals surface area contributed by atoms with E-state index in [0.717, 1.165) is 35.1 Å². The minimum atomic E-state index is -0.589. The van der Waals surface area contributed by atoms with Crippen molar-refractivity contribution in [2.75, 3.05) is 5.32 Å². The van der Waals surface area contributed by atoms with Crippen molar-refractivity contribution >= 4 is 28.3 Å². The molecule has 5 nitrogen and oxygen atoms in total. The van der Waals surface area contributed by atoms with Crippen LogP contribution in [0, 0.1) is 11.6 Å². The lowest BCUT2D eigenvalue weighted by molar-refractivity contribution is -0.119. The zero-order valence-corrected chi connectivity index (χ0v) is 15.1. The van der Waals surface area contributed by atoms with Crippen LogP contribution in [0.5, 0.6) is 0 Å². The Morgan fingerprint density at radius 3 is 2.56 bits per heavy atom. The summed E-state index contributed by atoms with van der Waals surface area (Å²) in [5, 5.41) is 7.13. The Morgan fingerprint density at radius 2 is 1.85 bits per heavy atom. The molecule has 0 spiro atoms. The van der Waals surface area contributed by atoms with E-state index in [-0.39, 0.29) is 28.2 Å². The van der Waals surface area contributed by atoms with Gasteiger partial charge in [0.05, 0.1) is 5.69 Å². The predicted molar refractivity (Wildman–Crippen MR) is 99.4 cm³/mol. The lowest BCUT2D eigenvalue weighted by Gasteiger charge is -2.05. The zero-order chi connectivity index (χ0) is 19.4. The van der Waals surface area contributed by atoms with Gasteiger partial charge < -0.3 is 5.32 Å². The Labute approximate surface area is 158 Å². The summed E-state index contributed by atoms with van der Waals surface area (Å²) in [6.07, 6.45) is 0. The minimum absolute atomic E-state index is 0.0362. The minimum Gasteiger partial charge on any atom is -0.352 e. The van der Waals surface area contributed by atoms with Gasteiger partial charge in [-0.2, -0.15) is 0 Å². The molecule has 0 aliphatic carbocycles. The molecule has 3 rings (SSSR count). The number of rotatable bonds is 5. The highest BCUT2D eigenvalue weighted by Gasteiger charge is 2.13. The number of carbonyl (C=O) groups excluding carboxylic acids is 2. The van der Waals surface area contributed by atoms with Gasteiger partial charge in [0.25, 0.3) is 5.91 Å². The van der Waals surface area contributed by atoms with E-state index in [0.29, 0.717) is 12.1 Å². The van der Waals surface area contributed by atoms with Crippen molar-refractivity contribution in [3.8, 4) is 11.3 Å². The molecule has 0 aliphatic rings. The number of halogens is 2. The molecule has 0 unspecified atom stereocenters. The van der Waals surface area contributed by atoms with Crippen molar-refractivity contribution in [3.63, 3.8) is 0 Å². The molecule has 2 amide bonds. The molecule has 138 valence electrons. The molecule has 0 fully saturated rings. The van der Waals surface area contributed by atoms with E-state index < -0.39 is 11.6 Å². The fraction of sp³-hybridized carbons (Fsp3) is 0.105. The van der Waals surface area contributed by atoms with E-state index in [1.807, 2.05) is 0 Å². The van der Waals surface area contributed by atoms with Crippen LogP contribution in [0.15, 0.2) is 47.8 Å². The van der Waals surface area contributed by atoms with Crippen LogP contribution in [0.4, 0.5) is 13.9 Å². The van der Waals surface area contributed by atoms with Crippen molar-refractivity contribution < 1.29 is 18.4 Å². The summed E-state index contributed by atoms with van der Waals surface area (Å²) in [4.78, 5) is 27.4. The lowest BCUT2D eigenvalue weighted by atomic mass is 10.1. The SMILES string of the molecule is CC(=O)NCc1ccc(C(=O)Nc2nc(-c3cc(F)ccc3F)cs2)cc1. The number of benzene rings is 2. The second-order valence-corrected chi connectivity index (χ2v) is 6.58. The van der Waals surface area contributed by atoms with E-state index in [2.05, 4.69) is 15.6 Å². The monoisotopic (exact) mass is 387 g/mol. The number of thiazole rings is 1. The van der Waals surface area contributed by atoms with Gasteiger partial charge in [0.1, 0.15) is 11.6 Å². The number of aromatic nitrogens is 1. The Morgan fingerprint density at radius 1 is 1.11 bits per heavy atom. The summed E-state index contributed by atoms with van der Waals surface area (Å²) in [7, 11) is 0. The second-order valence-electron chi connectivity index (χ2n) is 5.72. The highest BCUT2D eigenvalue weighted by atomic mass is 32.1. The van der Waals surface area contributed by atoms with Gasteiger partial charge in [0, 0.05) is 30.0 Å². The normalized spacial score (nSPS) is 10.5. The standard InChI is InChI=1S/C19H15F2N3O2S/c1-11(25)22-9-12-2-4-13(5-3-12)18(26)24-19-23-17(10-27-19)15-8-14(20)6-7-16(15)21/h2-8,10H,9H2,1H3,(H,22,25)(H,23,24,26). The van der Waals surface area contributed by atoms with Crippen LogP contribution in [-0.2, 0) is 11.3 Å². The first-order valence-electron chi connectivity index (χ1n) is 7.98. The fourth-order valence-electron chi connectivity index (χ4n) is 2.32. The van der Waals surface area contributed by atoms with Gasteiger partial charge in [0.15, 0.2) is 5.13 Å². The third-order valence-electron chi connectivity index (χ3n) is 3.69. The number of nitrogens with one attached hydrogen (secondary N) is 2. The average Bonchev–Trinajstić information content (AvgIpc) is 3.10. The highest BCUT2D eigenvalue weighted by Crippen LogP contribution is 2.27. The second kappa shape index (κ2) is 8.05. The molecule has 2 N–H and O–H groups in total. The fourth-order valence-corrected chi connectivity index (χ4v) is 3.02. The molecule has 1 aromatic heterocycles. The number of carbonyl (C=O) groups is 2. The zero-order valence-electron chi connectivity index (χ0n) is 14.3. The van der Waals surface area contributed by atoms with Gasteiger partial charge in [-0.1, -0.05) is 12.1 Å². The van der Waals surface area contributed by atoms with Gasteiger partial charge >= 0.3 is 0 Å². The van der Waals surface area contributed by atoms with Crippen LogP contribution in [0.1, 0.15) is 22.8 Å². The van der Waals surface area contributed by atoms with Crippen molar-refractivity contribution in [2.45, 2.75) is 13.5 Å². The number of hydrogen-bond donors (Lipinski definition) is 2. The summed E-state index contributed by atoms with van der Waals surface area (Å²) in [5.41, 5.74) is 1.56. The topological polar surface area (TPSA) is 71.1 Å². The lowest BCUT2D eigenvalue weighted by Crippen LogP contribution is -2.19. The van der Waals surface area contributed by atoms with Crippen molar-refractivity contribution in [1.82, 2.24) is 10.3 Å². The largest absolute Gasteiger partial charge is 0.352 e. The van der Waals surface area contributed by atoms with Crippen molar-refractivity contribution in [3.05, 3.63) is 70.6 Å². The first-order valence-corrected chi connectivity index (χ1v) is 8.86. The van der Waals surface area contributed by atoms with E-state index in [9.17, 15) is 18.4 Å². The molecular weight excluding hydrogens is 372 g/mol. The van der Waals surface area contributed by atoms with E-state index >= 15 is 0 Å². The maximum atomic E-state index is 13.8. The first-order chi connectivity index (χ1) is 12.9. The van der Waals surface area contributed by atoms with Gasteiger partial charge in [0.2, 0.25) is 5.91 Å². The third kappa shape index (κ3) is 4.73. The van der Waals surface area contributed by atoms with E-state index in [4.69, 9.17) is 0 Å². The van der Waals surface area contributed by atoms with Crippen LogP contribution in [0.3, 0.4) is 0 Å². The molecular formula is C19H15F2N3O2S. The molecule has 0 saturated carbocycles. The first kappa shape index (κ1) is 18.7. The molecule has 1 heterocycles. The molecule has 8 heteroatoms. The summed E-state index contributed by atoms with van der Waals surface area (Å²) in [6, 6.07) is 9.86. The molecule has 27 heavy (non-hydrogen) atoms. The van der Waals surface area contributed by atoms with Crippen LogP contribution in [-0.4, -0.2) is 16.8 Å². The molecule has 3 aromatic rings. The molecule has 2 aromatic carbocycles. The smallest absolute Gasteiger partial charge is 0.257 e. The van der Waals surface area contributed by atoms with Crippen molar-refractivity contribution in [2.24, 2.45) is 0 Å². The number of nitrogens with zero attached hydrogens (tertiary/aromatic N) is 1. The van der Waals surface area contributed by atoms with Crippen LogP contribution in [0.25, 0.3) is 11.3 Å². The van der Waals surface area contributed by atoms with Gasteiger partial charge in [-0.15, -0.1) is 11.3 Å². The van der Waals surface area contributed by atoms with E-state index in [1.54, 1.807) is 29.6 Å². The number of hydrogen-bond acceptors (Lipinski definition) is 4. The average molecular weight is 387 g/mol. The molecule has 0 atom stereocenters. The quantitative estimate of drug-likeness (QED) is 0.696. The predicted octanol–water partition coefficient (Wildman–Crippen LogP) is 3.98. The van der Waals surface area contributed by atoms with Crippen LogP contribution >= 0.6 is 11.3 Å². The summed E-state index contributed by atoms with van der Waals surface area (Å²) < 4.78 is 27.1. The Kier molecular flexibility index (Phi) is 5.56. The summed E-state index contributed by atoms with van der Waals surface area (Å²) >= 11 is 1.12. The maximum Gasteiger partial charge on any atom is 0.257 e. The van der Waals surface area contributed by atoms with Gasteiger partial charge in [-0.25, -0.2) is 13.8 Å². The Balaban J connectivity index is 1.69. The molecule has 0 radical (unpaired) electrons. The number of amides is 2. The van der Waals surface area contributed by atoms with E-state index in [1.165, 1.54) is 6.92 Å². The molecule has 0 bridgehead atoms. The molecule has 0 saturated heterocycles. The Bertz CT molecular complexity index is 987. The summed E-state index contributed by atoms with van der Waals surface area (Å²) in [6.45, 7) is 1.81. The molecule has 0 aliphatic heterocycles. The van der Waals surface area contributed by atoms with Crippen LogP contribution < -0.4 is 10.6 Å². The summed E-state index contributed by atoms with van der Waals surface area (Å²) in [5.74, 6) is -1.66.